The summed E-state index contributed by atoms with van der Waals surface area (Å²) in [6, 6.07) is 15.8. The zero-order chi connectivity index (χ0) is 18.4. The summed E-state index contributed by atoms with van der Waals surface area (Å²) in [4.78, 5) is 6.67. The number of benzene rings is 2. The molecule has 0 bridgehead atoms. The van der Waals surface area contributed by atoms with Crippen LogP contribution in [0.4, 0.5) is 0 Å². The molecule has 3 rings (SSSR count). The van der Waals surface area contributed by atoms with Crippen molar-refractivity contribution in [1.29, 1.82) is 0 Å². The Kier molecular flexibility index (Phi) is 6.69. The molecule has 0 aliphatic carbocycles. The van der Waals surface area contributed by atoms with E-state index >= 15 is 0 Å². The summed E-state index contributed by atoms with van der Waals surface area (Å²) in [7, 11) is 0. The van der Waals surface area contributed by atoms with Gasteiger partial charge in [0, 0.05) is 42.1 Å². The lowest BCUT2D eigenvalue weighted by Gasteiger charge is -2.21. The summed E-state index contributed by atoms with van der Waals surface area (Å²) < 4.78 is 2.08. The monoisotopic (exact) mass is 389 g/mol. The van der Waals surface area contributed by atoms with Crippen molar-refractivity contribution >= 4 is 23.2 Å². The molecular formula is C20H21Cl2N3O. The van der Waals surface area contributed by atoms with E-state index in [-0.39, 0.29) is 6.61 Å². The quantitative estimate of drug-likeness (QED) is 0.626. The fraction of sp³-hybridized carbons (Fsp3) is 0.250. The first-order valence-corrected chi connectivity index (χ1v) is 9.22. The molecular weight excluding hydrogens is 369 g/mol. The molecule has 2 aromatic carbocycles. The standard InChI is InChI=1S/C20H21Cl2N3O/c21-18-10-17(11-19(22)12-18)14-25-7-6-23-20(25)15-24(8-9-26)13-16-4-2-1-3-5-16/h1-7,10-12,26H,8-9,13-15H2. The molecule has 0 fully saturated rings. The number of aliphatic hydroxyl groups excluding tert-OH is 1. The largest absolute Gasteiger partial charge is 0.395 e. The van der Waals surface area contributed by atoms with E-state index in [9.17, 15) is 5.11 Å². The molecule has 0 unspecified atom stereocenters. The van der Waals surface area contributed by atoms with E-state index in [0.29, 0.717) is 29.7 Å². The van der Waals surface area contributed by atoms with E-state index in [1.807, 2.05) is 36.5 Å². The number of hydrogen-bond acceptors (Lipinski definition) is 3. The van der Waals surface area contributed by atoms with E-state index in [1.54, 1.807) is 12.3 Å². The minimum Gasteiger partial charge on any atom is -0.395 e. The average molecular weight is 390 g/mol. The highest BCUT2D eigenvalue weighted by Crippen LogP contribution is 2.20. The highest BCUT2D eigenvalue weighted by molar-refractivity contribution is 6.34. The van der Waals surface area contributed by atoms with E-state index in [4.69, 9.17) is 23.2 Å². The predicted molar refractivity (Wildman–Crippen MR) is 105 cm³/mol. The zero-order valence-corrected chi connectivity index (χ0v) is 15.9. The smallest absolute Gasteiger partial charge is 0.123 e. The molecule has 0 aliphatic heterocycles. The van der Waals surface area contributed by atoms with Crippen molar-refractivity contribution in [1.82, 2.24) is 14.5 Å². The molecule has 0 spiro atoms. The van der Waals surface area contributed by atoms with Crippen LogP contribution >= 0.6 is 23.2 Å². The van der Waals surface area contributed by atoms with Crippen LogP contribution in [0.2, 0.25) is 10.0 Å². The molecule has 0 aliphatic rings. The SMILES string of the molecule is OCCN(Cc1ccccc1)Cc1nccn1Cc1cc(Cl)cc(Cl)c1. The molecule has 1 heterocycles. The van der Waals surface area contributed by atoms with Gasteiger partial charge in [-0.3, -0.25) is 4.90 Å². The molecule has 136 valence electrons. The predicted octanol–water partition coefficient (Wildman–Crippen LogP) is 4.23. The third-order valence-corrected chi connectivity index (χ3v) is 4.54. The van der Waals surface area contributed by atoms with E-state index in [0.717, 1.165) is 17.9 Å². The van der Waals surface area contributed by atoms with Crippen molar-refractivity contribution in [3.63, 3.8) is 0 Å². The molecule has 0 atom stereocenters. The molecule has 1 aromatic heterocycles. The van der Waals surface area contributed by atoms with Gasteiger partial charge in [-0.15, -0.1) is 0 Å². The van der Waals surface area contributed by atoms with Crippen molar-refractivity contribution in [3.8, 4) is 0 Å². The van der Waals surface area contributed by atoms with Gasteiger partial charge in [-0.25, -0.2) is 4.98 Å². The maximum absolute atomic E-state index is 9.41. The topological polar surface area (TPSA) is 41.3 Å². The number of imidazole rings is 1. The van der Waals surface area contributed by atoms with Gasteiger partial charge in [0.15, 0.2) is 0 Å². The van der Waals surface area contributed by atoms with Crippen LogP contribution < -0.4 is 0 Å². The molecule has 0 saturated heterocycles. The second-order valence-electron chi connectivity index (χ2n) is 6.17. The minimum absolute atomic E-state index is 0.109. The number of aliphatic hydroxyl groups is 1. The average Bonchev–Trinajstić information content (AvgIpc) is 3.02. The second-order valence-corrected chi connectivity index (χ2v) is 7.04. The first kappa shape index (κ1) is 18.9. The Hall–Kier alpha value is -1.85. The summed E-state index contributed by atoms with van der Waals surface area (Å²) in [5, 5.41) is 10.7. The summed E-state index contributed by atoms with van der Waals surface area (Å²) in [5.41, 5.74) is 2.24. The van der Waals surface area contributed by atoms with Gasteiger partial charge < -0.3 is 9.67 Å². The van der Waals surface area contributed by atoms with Crippen molar-refractivity contribution in [2.45, 2.75) is 19.6 Å². The fourth-order valence-corrected chi connectivity index (χ4v) is 3.50. The van der Waals surface area contributed by atoms with Crippen LogP contribution in [-0.4, -0.2) is 32.7 Å². The van der Waals surface area contributed by atoms with Gasteiger partial charge in [0.1, 0.15) is 5.82 Å². The Morgan fingerprint density at radius 1 is 0.962 bits per heavy atom. The van der Waals surface area contributed by atoms with Gasteiger partial charge in [-0.05, 0) is 29.3 Å². The van der Waals surface area contributed by atoms with E-state index in [2.05, 4.69) is 26.6 Å². The zero-order valence-electron chi connectivity index (χ0n) is 14.4. The molecule has 26 heavy (non-hydrogen) atoms. The third-order valence-electron chi connectivity index (χ3n) is 4.11. The van der Waals surface area contributed by atoms with Crippen molar-refractivity contribution in [2.75, 3.05) is 13.2 Å². The van der Waals surface area contributed by atoms with Crippen molar-refractivity contribution < 1.29 is 5.11 Å². The number of aromatic nitrogens is 2. The van der Waals surface area contributed by atoms with Crippen LogP contribution in [0.1, 0.15) is 17.0 Å². The fourth-order valence-electron chi connectivity index (χ4n) is 2.93. The molecule has 0 saturated carbocycles. The van der Waals surface area contributed by atoms with Crippen LogP contribution in [0.5, 0.6) is 0 Å². The van der Waals surface area contributed by atoms with Gasteiger partial charge in [-0.2, -0.15) is 0 Å². The number of nitrogens with zero attached hydrogens (tertiary/aromatic N) is 3. The lowest BCUT2D eigenvalue weighted by Crippen LogP contribution is -2.27. The van der Waals surface area contributed by atoms with Crippen LogP contribution in [0.25, 0.3) is 0 Å². The second kappa shape index (κ2) is 9.19. The van der Waals surface area contributed by atoms with E-state index in [1.165, 1.54) is 5.56 Å². The molecule has 3 aromatic rings. The molecule has 1 N–H and O–H groups in total. The molecule has 0 radical (unpaired) electrons. The lowest BCUT2D eigenvalue weighted by molar-refractivity contribution is 0.180. The van der Waals surface area contributed by atoms with Gasteiger partial charge in [0.2, 0.25) is 0 Å². The minimum atomic E-state index is 0.109. The molecule has 6 heteroatoms. The Labute approximate surface area is 163 Å². The normalized spacial score (nSPS) is 11.2. The van der Waals surface area contributed by atoms with Crippen LogP contribution in [0, 0.1) is 0 Å². The summed E-state index contributed by atoms with van der Waals surface area (Å²) >= 11 is 12.2. The number of halogens is 2. The van der Waals surface area contributed by atoms with E-state index < -0.39 is 0 Å². The lowest BCUT2D eigenvalue weighted by atomic mass is 10.2. The van der Waals surface area contributed by atoms with Gasteiger partial charge in [0.25, 0.3) is 0 Å². The van der Waals surface area contributed by atoms with Crippen LogP contribution in [-0.2, 0) is 19.6 Å². The number of rotatable bonds is 8. The number of hydrogen-bond donors (Lipinski definition) is 1. The Bertz CT molecular complexity index is 816. The van der Waals surface area contributed by atoms with Crippen LogP contribution in [0.15, 0.2) is 60.9 Å². The Morgan fingerprint density at radius 3 is 2.38 bits per heavy atom. The Balaban J connectivity index is 1.73. The first-order chi connectivity index (χ1) is 12.6. The maximum atomic E-state index is 9.41. The summed E-state index contributed by atoms with van der Waals surface area (Å²) in [5.74, 6) is 0.936. The van der Waals surface area contributed by atoms with Crippen molar-refractivity contribution in [3.05, 3.63) is 87.9 Å². The maximum Gasteiger partial charge on any atom is 0.123 e. The summed E-state index contributed by atoms with van der Waals surface area (Å²) in [6.07, 6.45) is 3.74. The van der Waals surface area contributed by atoms with Crippen LogP contribution in [0.3, 0.4) is 0 Å². The summed E-state index contributed by atoms with van der Waals surface area (Å²) in [6.45, 7) is 2.75. The highest BCUT2D eigenvalue weighted by atomic mass is 35.5. The van der Waals surface area contributed by atoms with Gasteiger partial charge in [0.05, 0.1) is 13.2 Å². The van der Waals surface area contributed by atoms with Gasteiger partial charge >= 0.3 is 0 Å². The highest BCUT2D eigenvalue weighted by Gasteiger charge is 2.11. The first-order valence-electron chi connectivity index (χ1n) is 8.46. The Morgan fingerprint density at radius 2 is 1.69 bits per heavy atom. The molecule has 4 nitrogen and oxygen atoms in total. The third kappa shape index (κ3) is 5.32. The molecule has 0 amide bonds. The van der Waals surface area contributed by atoms with Gasteiger partial charge in [-0.1, -0.05) is 53.5 Å². The van der Waals surface area contributed by atoms with Crippen molar-refractivity contribution in [2.24, 2.45) is 0 Å².